The lowest BCUT2D eigenvalue weighted by Crippen LogP contribution is -2.05. The van der Waals surface area contributed by atoms with Crippen LogP contribution in [0.1, 0.15) is 21.5 Å². The molecule has 2 heteroatoms. The number of halogens is 1. The molecular weight excluding hydrogens is 232 g/mol. The van der Waals surface area contributed by atoms with E-state index in [-0.39, 0.29) is 5.78 Å². The van der Waals surface area contributed by atoms with Gasteiger partial charge in [0.15, 0.2) is 5.78 Å². The minimum Gasteiger partial charge on any atom is -0.294 e. The standard InChI is InChI=1S/C15H12ClO/c1-11-4-2-3-5-14(11)15(17)10-12-6-8-13(16)9-7-12/h2-3,5-9H,10H2,1H3. The van der Waals surface area contributed by atoms with E-state index in [2.05, 4.69) is 6.07 Å². The molecule has 0 saturated carbocycles. The highest BCUT2D eigenvalue weighted by atomic mass is 35.5. The van der Waals surface area contributed by atoms with Gasteiger partial charge in [-0.05, 0) is 36.2 Å². The van der Waals surface area contributed by atoms with E-state index >= 15 is 0 Å². The van der Waals surface area contributed by atoms with Crippen LogP contribution in [-0.2, 0) is 6.42 Å². The van der Waals surface area contributed by atoms with Gasteiger partial charge in [0.25, 0.3) is 0 Å². The van der Waals surface area contributed by atoms with Crippen LogP contribution in [-0.4, -0.2) is 5.78 Å². The van der Waals surface area contributed by atoms with Crippen LogP contribution >= 0.6 is 11.6 Å². The Morgan fingerprint density at radius 3 is 2.59 bits per heavy atom. The lowest BCUT2D eigenvalue weighted by Gasteiger charge is -2.04. The molecule has 0 aliphatic carbocycles. The van der Waals surface area contributed by atoms with Crippen LogP contribution in [0.2, 0.25) is 5.02 Å². The van der Waals surface area contributed by atoms with Gasteiger partial charge in [0, 0.05) is 17.0 Å². The molecule has 0 unspecified atom stereocenters. The van der Waals surface area contributed by atoms with Crippen LogP contribution in [0.25, 0.3) is 0 Å². The fourth-order valence-corrected chi connectivity index (χ4v) is 1.83. The van der Waals surface area contributed by atoms with Crippen LogP contribution in [0, 0.1) is 13.0 Å². The number of Topliss-reactive ketones (excluding diaryl/α,β-unsaturated/α-hetero) is 1. The van der Waals surface area contributed by atoms with Gasteiger partial charge in [0.05, 0.1) is 0 Å². The molecule has 0 bridgehead atoms. The molecule has 2 aromatic rings. The summed E-state index contributed by atoms with van der Waals surface area (Å²) in [7, 11) is 0. The first-order valence-corrected chi connectivity index (χ1v) is 5.79. The number of rotatable bonds is 3. The number of aryl methyl sites for hydroxylation is 1. The Morgan fingerprint density at radius 1 is 1.24 bits per heavy atom. The largest absolute Gasteiger partial charge is 0.294 e. The molecule has 2 rings (SSSR count). The monoisotopic (exact) mass is 243 g/mol. The number of carbonyl (C=O) groups is 1. The van der Waals surface area contributed by atoms with Crippen molar-refractivity contribution in [3.8, 4) is 0 Å². The Labute approximate surface area is 106 Å². The Bertz CT molecular complexity index is 529. The lowest BCUT2D eigenvalue weighted by molar-refractivity contribution is 0.0992. The zero-order chi connectivity index (χ0) is 12.3. The Balaban J connectivity index is 2.17. The summed E-state index contributed by atoms with van der Waals surface area (Å²) in [6, 6.07) is 15.9. The van der Waals surface area contributed by atoms with Crippen LogP contribution in [0.4, 0.5) is 0 Å². The van der Waals surface area contributed by atoms with E-state index in [1.165, 1.54) is 0 Å². The third-order valence-corrected chi connectivity index (χ3v) is 2.89. The molecule has 0 spiro atoms. The molecule has 0 fully saturated rings. The van der Waals surface area contributed by atoms with Crippen molar-refractivity contribution in [2.75, 3.05) is 0 Å². The predicted octanol–water partition coefficient (Wildman–Crippen LogP) is 3.87. The van der Waals surface area contributed by atoms with Crippen molar-refractivity contribution in [3.63, 3.8) is 0 Å². The van der Waals surface area contributed by atoms with Gasteiger partial charge in [-0.1, -0.05) is 41.9 Å². The SMILES string of the molecule is Cc1[c]cccc1C(=O)Cc1ccc(Cl)cc1. The Hall–Kier alpha value is -1.60. The zero-order valence-corrected chi connectivity index (χ0v) is 10.3. The van der Waals surface area contributed by atoms with Crippen LogP contribution < -0.4 is 0 Å². The first-order chi connectivity index (χ1) is 8.16. The molecule has 1 radical (unpaired) electrons. The molecular formula is C15H12ClO. The number of benzene rings is 2. The first-order valence-electron chi connectivity index (χ1n) is 5.42. The second-order valence-corrected chi connectivity index (χ2v) is 4.37. The van der Waals surface area contributed by atoms with Gasteiger partial charge in [-0.2, -0.15) is 0 Å². The molecule has 85 valence electrons. The van der Waals surface area contributed by atoms with E-state index in [1.54, 1.807) is 12.1 Å². The topological polar surface area (TPSA) is 17.1 Å². The van der Waals surface area contributed by atoms with Gasteiger partial charge >= 0.3 is 0 Å². The van der Waals surface area contributed by atoms with Crippen molar-refractivity contribution in [2.45, 2.75) is 13.3 Å². The van der Waals surface area contributed by atoms with E-state index in [0.29, 0.717) is 11.4 Å². The molecule has 0 aliphatic heterocycles. The van der Waals surface area contributed by atoms with Crippen molar-refractivity contribution in [1.29, 1.82) is 0 Å². The van der Waals surface area contributed by atoms with Crippen molar-refractivity contribution in [1.82, 2.24) is 0 Å². The van der Waals surface area contributed by atoms with Gasteiger partial charge < -0.3 is 0 Å². The molecule has 0 amide bonds. The quantitative estimate of drug-likeness (QED) is 0.748. The van der Waals surface area contributed by atoms with E-state index in [4.69, 9.17) is 11.6 Å². The minimum atomic E-state index is 0.113. The van der Waals surface area contributed by atoms with Gasteiger partial charge in [0.1, 0.15) is 0 Å². The van der Waals surface area contributed by atoms with E-state index in [0.717, 1.165) is 16.7 Å². The number of ketones is 1. The second kappa shape index (κ2) is 5.15. The van der Waals surface area contributed by atoms with E-state index < -0.39 is 0 Å². The molecule has 0 atom stereocenters. The summed E-state index contributed by atoms with van der Waals surface area (Å²) in [5.41, 5.74) is 2.61. The average molecular weight is 244 g/mol. The fraction of sp³-hybridized carbons (Fsp3) is 0.133. The normalized spacial score (nSPS) is 10.2. The summed E-state index contributed by atoms with van der Waals surface area (Å²) in [4.78, 5) is 12.1. The summed E-state index contributed by atoms with van der Waals surface area (Å²) < 4.78 is 0. The number of carbonyl (C=O) groups excluding carboxylic acids is 1. The van der Waals surface area contributed by atoms with Gasteiger partial charge in [-0.25, -0.2) is 0 Å². The first kappa shape index (κ1) is 11.9. The summed E-state index contributed by atoms with van der Waals surface area (Å²) in [6.07, 6.45) is 0.399. The predicted molar refractivity (Wildman–Crippen MR) is 69.5 cm³/mol. The minimum absolute atomic E-state index is 0.113. The van der Waals surface area contributed by atoms with Gasteiger partial charge in [-0.15, -0.1) is 0 Å². The van der Waals surface area contributed by atoms with E-state index in [1.807, 2.05) is 37.3 Å². The van der Waals surface area contributed by atoms with Gasteiger partial charge in [-0.3, -0.25) is 4.79 Å². The number of hydrogen-bond donors (Lipinski definition) is 0. The van der Waals surface area contributed by atoms with Crippen LogP contribution in [0.5, 0.6) is 0 Å². The molecule has 0 heterocycles. The summed E-state index contributed by atoms with van der Waals surface area (Å²) in [5, 5.41) is 0.686. The lowest BCUT2D eigenvalue weighted by atomic mass is 9.99. The van der Waals surface area contributed by atoms with Crippen molar-refractivity contribution < 1.29 is 4.79 Å². The molecule has 0 aliphatic rings. The number of hydrogen-bond acceptors (Lipinski definition) is 1. The molecule has 0 aromatic heterocycles. The Kier molecular flexibility index (Phi) is 3.60. The molecule has 1 nitrogen and oxygen atoms in total. The van der Waals surface area contributed by atoms with Crippen molar-refractivity contribution in [2.24, 2.45) is 0 Å². The van der Waals surface area contributed by atoms with E-state index in [9.17, 15) is 4.79 Å². The highest BCUT2D eigenvalue weighted by Crippen LogP contribution is 2.14. The maximum absolute atomic E-state index is 12.1. The maximum Gasteiger partial charge on any atom is 0.167 e. The molecule has 0 N–H and O–H groups in total. The third-order valence-electron chi connectivity index (χ3n) is 2.64. The summed E-state index contributed by atoms with van der Waals surface area (Å²) in [5.74, 6) is 0.113. The zero-order valence-electron chi connectivity index (χ0n) is 9.53. The maximum atomic E-state index is 12.1. The second-order valence-electron chi connectivity index (χ2n) is 3.94. The summed E-state index contributed by atoms with van der Waals surface area (Å²) >= 11 is 5.80. The fourth-order valence-electron chi connectivity index (χ4n) is 1.71. The molecule has 2 aromatic carbocycles. The van der Waals surface area contributed by atoms with Gasteiger partial charge in [0.2, 0.25) is 0 Å². The summed E-state index contributed by atoms with van der Waals surface area (Å²) in [6.45, 7) is 1.90. The third kappa shape index (κ3) is 2.95. The highest BCUT2D eigenvalue weighted by Gasteiger charge is 2.09. The highest BCUT2D eigenvalue weighted by molar-refractivity contribution is 6.30. The molecule has 0 saturated heterocycles. The van der Waals surface area contributed by atoms with Crippen LogP contribution in [0.15, 0.2) is 42.5 Å². The smallest absolute Gasteiger partial charge is 0.167 e. The Morgan fingerprint density at radius 2 is 1.94 bits per heavy atom. The average Bonchev–Trinajstić information content (AvgIpc) is 2.32. The van der Waals surface area contributed by atoms with Crippen molar-refractivity contribution >= 4 is 17.4 Å². The van der Waals surface area contributed by atoms with Crippen LogP contribution in [0.3, 0.4) is 0 Å². The van der Waals surface area contributed by atoms with Crippen molar-refractivity contribution in [3.05, 3.63) is 70.2 Å². The molecule has 17 heavy (non-hydrogen) atoms.